The van der Waals surface area contributed by atoms with Gasteiger partial charge in [-0.25, -0.2) is 0 Å². The van der Waals surface area contributed by atoms with Gasteiger partial charge in [-0.1, -0.05) is 13.8 Å². The third-order valence-electron chi connectivity index (χ3n) is 3.91. The van der Waals surface area contributed by atoms with Gasteiger partial charge >= 0.3 is 0 Å². The van der Waals surface area contributed by atoms with Crippen molar-refractivity contribution in [2.75, 3.05) is 7.05 Å². The number of rotatable bonds is 8. The lowest BCUT2D eigenvalue weighted by Gasteiger charge is -2.15. The van der Waals surface area contributed by atoms with Crippen molar-refractivity contribution in [1.82, 2.24) is 15.1 Å². The molecule has 1 atom stereocenters. The number of hydrogen-bond acceptors (Lipinski definition) is 3. The standard InChI is InChI=1S/C16H25N3S/c1-4-16(5-2)19-8-6-14(18-19)11-15(17-3)10-13-7-9-20-12-13/h6-9,12,15-17H,4-5,10-11H2,1-3H3. The van der Waals surface area contributed by atoms with Gasteiger partial charge in [0.1, 0.15) is 0 Å². The molecule has 2 heterocycles. The number of nitrogens with one attached hydrogen (secondary N) is 1. The SMILES string of the molecule is CCC(CC)n1ccc(CC(Cc2ccsc2)NC)n1. The first-order chi connectivity index (χ1) is 9.76. The molecule has 2 aromatic rings. The van der Waals surface area contributed by atoms with Gasteiger partial charge in [0.15, 0.2) is 0 Å². The molecular weight excluding hydrogens is 266 g/mol. The van der Waals surface area contributed by atoms with Crippen molar-refractivity contribution in [2.45, 2.75) is 51.6 Å². The molecule has 2 aromatic heterocycles. The summed E-state index contributed by atoms with van der Waals surface area (Å²) in [5.41, 5.74) is 2.60. The zero-order chi connectivity index (χ0) is 14.4. The van der Waals surface area contributed by atoms with Gasteiger partial charge in [-0.3, -0.25) is 4.68 Å². The fraction of sp³-hybridized carbons (Fsp3) is 0.562. The first-order valence-electron chi connectivity index (χ1n) is 7.49. The Bertz CT molecular complexity index is 486. The highest BCUT2D eigenvalue weighted by Crippen LogP contribution is 2.16. The molecule has 0 amide bonds. The summed E-state index contributed by atoms with van der Waals surface area (Å²) >= 11 is 1.76. The summed E-state index contributed by atoms with van der Waals surface area (Å²) in [7, 11) is 2.04. The third-order valence-corrected chi connectivity index (χ3v) is 4.64. The highest BCUT2D eigenvalue weighted by Gasteiger charge is 2.13. The number of aromatic nitrogens is 2. The Kier molecular flexibility index (Phi) is 5.80. The van der Waals surface area contributed by atoms with E-state index in [1.165, 1.54) is 11.3 Å². The molecule has 0 aliphatic heterocycles. The molecule has 4 heteroatoms. The highest BCUT2D eigenvalue weighted by atomic mass is 32.1. The molecule has 0 fully saturated rings. The van der Waals surface area contributed by atoms with E-state index in [1.54, 1.807) is 11.3 Å². The monoisotopic (exact) mass is 291 g/mol. The second kappa shape index (κ2) is 7.60. The summed E-state index contributed by atoms with van der Waals surface area (Å²) in [6, 6.07) is 5.36. The number of likely N-dealkylation sites (N-methyl/N-ethyl adjacent to an activating group) is 1. The fourth-order valence-corrected chi connectivity index (χ4v) is 3.26. The molecule has 3 nitrogen and oxygen atoms in total. The zero-order valence-corrected chi connectivity index (χ0v) is 13.5. The van der Waals surface area contributed by atoms with Crippen LogP contribution in [0.15, 0.2) is 29.1 Å². The normalized spacial score (nSPS) is 13.0. The number of hydrogen-bond donors (Lipinski definition) is 1. The van der Waals surface area contributed by atoms with Gasteiger partial charge in [-0.05, 0) is 54.8 Å². The van der Waals surface area contributed by atoms with Gasteiger partial charge in [-0.15, -0.1) is 0 Å². The van der Waals surface area contributed by atoms with Gasteiger partial charge in [0, 0.05) is 18.7 Å². The predicted octanol–water partition coefficient (Wildman–Crippen LogP) is 3.68. The lowest BCUT2D eigenvalue weighted by Crippen LogP contribution is -2.30. The molecule has 110 valence electrons. The average Bonchev–Trinajstić information content (AvgIpc) is 3.12. The lowest BCUT2D eigenvalue weighted by molar-refractivity contribution is 0.422. The second-order valence-corrected chi connectivity index (χ2v) is 6.06. The van der Waals surface area contributed by atoms with Crippen LogP contribution in [0.4, 0.5) is 0 Å². The quantitative estimate of drug-likeness (QED) is 0.804. The molecule has 1 unspecified atom stereocenters. The van der Waals surface area contributed by atoms with Crippen LogP contribution in [0.3, 0.4) is 0 Å². The van der Waals surface area contributed by atoms with E-state index in [-0.39, 0.29) is 0 Å². The van der Waals surface area contributed by atoms with Crippen LogP contribution < -0.4 is 5.32 Å². The minimum atomic E-state index is 0.453. The van der Waals surface area contributed by atoms with Gasteiger partial charge in [0.2, 0.25) is 0 Å². The maximum absolute atomic E-state index is 4.75. The van der Waals surface area contributed by atoms with Crippen molar-refractivity contribution in [3.8, 4) is 0 Å². The molecule has 0 aliphatic rings. The Morgan fingerprint density at radius 1 is 1.25 bits per heavy atom. The third kappa shape index (κ3) is 3.93. The first kappa shape index (κ1) is 15.3. The Balaban J connectivity index is 1.97. The van der Waals surface area contributed by atoms with Gasteiger partial charge in [0.05, 0.1) is 11.7 Å². The van der Waals surface area contributed by atoms with Crippen LogP contribution in [0.25, 0.3) is 0 Å². The van der Waals surface area contributed by atoms with Crippen LogP contribution in [0, 0.1) is 0 Å². The molecule has 0 saturated carbocycles. The van der Waals surface area contributed by atoms with E-state index in [1.807, 2.05) is 7.05 Å². The Hall–Kier alpha value is -1.13. The van der Waals surface area contributed by atoms with Crippen LogP contribution in [-0.2, 0) is 12.8 Å². The average molecular weight is 291 g/mol. The topological polar surface area (TPSA) is 29.9 Å². The van der Waals surface area contributed by atoms with Crippen LogP contribution in [0.1, 0.15) is 44.0 Å². The minimum Gasteiger partial charge on any atom is -0.316 e. The van der Waals surface area contributed by atoms with Crippen LogP contribution >= 0.6 is 11.3 Å². The van der Waals surface area contributed by atoms with E-state index in [0.717, 1.165) is 25.7 Å². The molecule has 1 N–H and O–H groups in total. The van der Waals surface area contributed by atoms with Gasteiger partial charge in [0.25, 0.3) is 0 Å². The Morgan fingerprint density at radius 2 is 2.05 bits per heavy atom. The molecule has 0 aliphatic carbocycles. The molecule has 0 aromatic carbocycles. The smallest absolute Gasteiger partial charge is 0.0640 e. The molecule has 0 radical (unpaired) electrons. The van der Waals surface area contributed by atoms with Crippen LogP contribution in [0.2, 0.25) is 0 Å². The molecule has 2 rings (SSSR count). The number of nitrogens with zero attached hydrogens (tertiary/aromatic N) is 2. The summed E-state index contributed by atoms with van der Waals surface area (Å²) in [5, 5.41) is 12.5. The second-order valence-electron chi connectivity index (χ2n) is 5.28. The maximum Gasteiger partial charge on any atom is 0.0640 e. The van der Waals surface area contributed by atoms with Gasteiger partial charge in [-0.2, -0.15) is 16.4 Å². The number of thiophene rings is 1. The van der Waals surface area contributed by atoms with Gasteiger partial charge < -0.3 is 5.32 Å². The van der Waals surface area contributed by atoms with Crippen molar-refractivity contribution in [1.29, 1.82) is 0 Å². The summed E-state index contributed by atoms with van der Waals surface area (Å²) in [6.07, 6.45) is 6.46. The molecule has 0 saturated heterocycles. The van der Waals surface area contributed by atoms with E-state index in [9.17, 15) is 0 Å². The maximum atomic E-state index is 4.75. The van der Waals surface area contributed by atoms with E-state index in [0.29, 0.717) is 12.1 Å². The largest absolute Gasteiger partial charge is 0.316 e. The van der Waals surface area contributed by atoms with Crippen molar-refractivity contribution in [2.24, 2.45) is 0 Å². The Labute approximate surface area is 126 Å². The van der Waals surface area contributed by atoms with E-state index in [4.69, 9.17) is 5.10 Å². The predicted molar refractivity (Wildman–Crippen MR) is 86.4 cm³/mol. The van der Waals surface area contributed by atoms with Crippen LogP contribution in [0.5, 0.6) is 0 Å². The van der Waals surface area contributed by atoms with Crippen molar-refractivity contribution in [3.05, 3.63) is 40.3 Å². The summed E-state index contributed by atoms with van der Waals surface area (Å²) in [6.45, 7) is 4.45. The molecule has 0 bridgehead atoms. The highest BCUT2D eigenvalue weighted by molar-refractivity contribution is 7.07. The van der Waals surface area contributed by atoms with E-state index < -0.39 is 0 Å². The molecular formula is C16H25N3S. The van der Waals surface area contributed by atoms with Crippen molar-refractivity contribution < 1.29 is 0 Å². The lowest BCUT2D eigenvalue weighted by atomic mass is 10.0. The zero-order valence-electron chi connectivity index (χ0n) is 12.7. The molecule has 0 spiro atoms. The Morgan fingerprint density at radius 3 is 2.65 bits per heavy atom. The van der Waals surface area contributed by atoms with Crippen molar-refractivity contribution >= 4 is 11.3 Å². The fourth-order valence-electron chi connectivity index (χ4n) is 2.57. The summed E-state index contributed by atoms with van der Waals surface area (Å²) in [4.78, 5) is 0. The van der Waals surface area contributed by atoms with Crippen molar-refractivity contribution in [3.63, 3.8) is 0 Å². The first-order valence-corrected chi connectivity index (χ1v) is 8.43. The summed E-state index contributed by atoms with van der Waals surface area (Å²) < 4.78 is 2.13. The summed E-state index contributed by atoms with van der Waals surface area (Å²) in [5.74, 6) is 0. The van der Waals surface area contributed by atoms with E-state index >= 15 is 0 Å². The van der Waals surface area contributed by atoms with Crippen LogP contribution in [-0.4, -0.2) is 22.9 Å². The molecule has 20 heavy (non-hydrogen) atoms. The van der Waals surface area contributed by atoms with E-state index in [2.05, 4.69) is 52.9 Å². The minimum absolute atomic E-state index is 0.453.